The van der Waals surface area contributed by atoms with Gasteiger partial charge in [0.15, 0.2) is 0 Å². The molecule has 1 atom stereocenters. The SMILES string of the molecule is COc1ccc(S(=O)(=O)[C@@](NCc2ccncc2)(C(=O)NO)C2CCCC2)cc1.Cl. The van der Waals surface area contributed by atoms with Crippen LogP contribution < -0.4 is 15.5 Å². The summed E-state index contributed by atoms with van der Waals surface area (Å²) in [5.41, 5.74) is 2.38. The summed E-state index contributed by atoms with van der Waals surface area (Å²) in [5.74, 6) is -0.954. The molecule has 0 bridgehead atoms. The minimum Gasteiger partial charge on any atom is -0.497 e. The Morgan fingerprint density at radius 1 is 1.17 bits per heavy atom. The first-order valence-corrected chi connectivity index (χ1v) is 10.9. The Kier molecular flexibility index (Phi) is 8.19. The number of carbonyl (C=O) groups excluding carboxylic acids is 1. The molecular formula is C20H26ClN3O5S. The second-order valence-corrected chi connectivity index (χ2v) is 9.17. The van der Waals surface area contributed by atoms with Crippen molar-refractivity contribution in [2.45, 2.75) is 42.0 Å². The number of pyridine rings is 1. The van der Waals surface area contributed by atoms with Crippen LogP contribution in [0.15, 0.2) is 53.7 Å². The monoisotopic (exact) mass is 455 g/mol. The molecule has 30 heavy (non-hydrogen) atoms. The van der Waals surface area contributed by atoms with Gasteiger partial charge in [-0.05, 0) is 54.8 Å². The Balaban J connectivity index is 0.00000320. The molecule has 10 heteroatoms. The largest absolute Gasteiger partial charge is 0.497 e. The molecule has 0 saturated heterocycles. The van der Waals surface area contributed by atoms with Gasteiger partial charge in [-0.25, -0.2) is 13.9 Å². The third-order valence-electron chi connectivity index (χ3n) is 5.47. The quantitative estimate of drug-likeness (QED) is 0.413. The average molecular weight is 456 g/mol. The van der Waals surface area contributed by atoms with Crippen molar-refractivity contribution in [1.82, 2.24) is 15.8 Å². The number of sulfone groups is 1. The normalized spacial score (nSPS) is 16.3. The fourth-order valence-corrected chi connectivity index (χ4v) is 6.03. The first-order chi connectivity index (χ1) is 14.0. The molecular weight excluding hydrogens is 430 g/mol. The highest BCUT2D eigenvalue weighted by molar-refractivity contribution is 7.93. The molecule has 1 aromatic heterocycles. The van der Waals surface area contributed by atoms with Crippen molar-refractivity contribution in [2.75, 3.05) is 7.11 Å². The summed E-state index contributed by atoms with van der Waals surface area (Å²) >= 11 is 0. The van der Waals surface area contributed by atoms with E-state index in [2.05, 4.69) is 10.3 Å². The average Bonchev–Trinajstić information content (AvgIpc) is 3.29. The number of nitrogens with one attached hydrogen (secondary N) is 2. The number of benzene rings is 1. The Bertz CT molecular complexity index is 935. The van der Waals surface area contributed by atoms with E-state index in [1.165, 1.54) is 31.4 Å². The van der Waals surface area contributed by atoms with Gasteiger partial charge in [-0.2, -0.15) is 0 Å². The number of nitrogens with zero attached hydrogens (tertiary/aromatic N) is 1. The van der Waals surface area contributed by atoms with Crippen molar-refractivity contribution >= 4 is 28.2 Å². The number of methoxy groups -OCH3 is 1. The van der Waals surface area contributed by atoms with Crippen LogP contribution in [0.1, 0.15) is 31.2 Å². The number of hydroxylamine groups is 1. The number of rotatable bonds is 8. The molecule has 3 N–H and O–H groups in total. The van der Waals surface area contributed by atoms with Gasteiger partial charge in [0.25, 0.3) is 5.91 Å². The van der Waals surface area contributed by atoms with Crippen LogP contribution in [0.5, 0.6) is 5.75 Å². The van der Waals surface area contributed by atoms with Gasteiger partial charge in [-0.1, -0.05) is 12.8 Å². The fourth-order valence-electron chi connectivity index (χ4n) is 3.94. The van der Waals surface area contributed by atoms with E-state index in [4.69, 9.17) is 4.74 Å². The zero-order valence-corrected chi connectivity index (χ0v) is 18.2. The molecule has 1 aliphatic carbocycles. The third kappa shape index (κ3) is 4.44. The topological polar surface area (TPSA) is 118 Å². The molecule has 3 rings (SSSR count). The second-order valence-electron chi connectivity index (χ2n) is 7.05. The first kappa shape index (κ1) is 24.1. The lowest BCUT2D eigenvalue weighted by atomic mass is 9.96. The molecule has 0 aliphatic heterocycles. The van der Waals surface area contributed by atoms with E-state index < -0.39 is 26.5 Å². The van der Waals surface area contributed by atoms with Gasteiger partial charge in [0.2, 0.25) is 14.7 Å². The molecule has 1 amide bonds. The lowest BCUT2D eigenvalue weighted by molar-refractivity contribution is -0.134. The number of halogens is 1. The maximum absolute atomic E-state index is 13.8. The van der Waals surface area contributed by atoms with Crippen molar-refractivity contribution in [3.63, 3.8) is 0 Å². The number of aromatic nitrogens is 1. The molecule has 164 valence electrons. The van der Waals surface area contributed by atoms with E-state index in [1.54, 1.807) is 30.0 Å². The van der Waals surface area contributed by atoms with E-state index >= 15 is 0 Å². The molecule has 2 aromatic rings. The Morgan fingerprint density at radius 2 is 1.77 bits per heavy atom. The summed E-state index contributed by atoms with van der Waals surface area (Å²) in [7, 11) is -2.72. The van der Waals surface area contributed by atoms with E-state index in [0.717, 1.165) is 18.4 Å². The summed E-state index contributed by atoms with van der Waals surface area (Å²) in [6, 6.07) is 9.37. The number of carbonyl (C=O) groups is 1. The van der Waals surface area contributed by atoms with Crippen molar-refractivity contribution in [3.8, 4) is 5.75 Å². The predicted molar refractivity (Wildman–Crippen MR) is 113 cm³/mol. The van der Waals surface area contributed by atoms with Crippen molar-refractivity contribution < 1.29 is 23.2 Å². The molecule has 0 spiro atoms. The van der Waals surface area contributed by atoms with Crippen molar-refractivity contribution in [3.05, 3.63) is 54.4 Å². The van der Waals surface area contributed by atoms with E-state index in [0.29, 0.717) is 18.6 Å². The number of hydrogen-bond acceptors (Lipinski definition) is 7. The number of amides is 1. The van der Waals surface area contributed by atoms with Gasteiger partial charge in [0.1, 0.15) is 5.75 Å². The standard InChI is InChI=1S/C20H25N3O5S.ClH/c1-28-17-6-8-18(9-7-17)29(26,27)20(19(24)23-25,16-4-2-3-5-16)22-14-15-10-12-21-13-11-15;/h6-13,16,22,25H,2-5,14H2,1H3,(H,23,24);1H/t20-;/m1./s1. The van der Waals surface area contributed by atoms with Gasteiger partial charge in [-0.3, -0.25) is 20.3 Å². The molecule has 1 fully saturated rings. The summed E-state index contributed by atoms with van der Waals surface area (Å²) in [6.07, 6.45) is 5.95. The van der Waals surface area contributed by atoms with Crippen LogP contribution in [0.4, 0.5) is 0 Å². The van der Waals surface area contributed by atoms with Crippen molar-refractivity contribution in [2.24, 2.45) is 5.92 Å². The van der Waals surface area contributed by atoms with Crippen LogP contribution in [0, 0.1) is 5.92 Å². The number of ether oxygens (including phenoxy) is 1. The molecule has 0 radical (unpaired) electrons. The lowest BCUT2D eigenvalue weighted by Crippen LogP contribution is -2.65. The highest BCUT2D eigenvalue weighted by Gasteiger charge is 2.57. The van der Waals surface area contributed by atoms with Crippen LogP contribution in [-0.2, 0) is 21.2 Å². The summed E-state index contributed by atoms with van der Waals surface area (Å²) in [5, 5.41) is 12.5. The minimum absolute atomic E-state index is 0. The summed E-state index contributed by atoms with van der Waals surface area (Å²) in [4.78, 5) is 14.9. The second kappa shape index (κ2) is 10.2. The minimum atomic E-state index is -4.21. The smallest absolute Gasteiger partial charge is 0.280 e. The molecule has 1 aliphatic rings. The Morgan fingerprint density at radius 3 is 2.30 bits per heavy atom. The molecule has 0 unspecified atom stereocenters. The van der Waals surface area contributed by atoms with Crippen LogP contribution >= 0.6 is 12.4 Å². The van der Waals surface area contributed by atoms with Gasteiger partial charge >= 0.3 is 0 Å². The van der Waals surface area contributed by atoms with Gasteiger partial charge < -0.3 is 4.74 Å². The highest BCUT2D eigenvalue weighted by atomic mass is 35.5. The van der Waals surface area contributed by atoms with Gasteiger partial charge in [0, 0.05) is 24.9 Å². The maximum Gasteiger partial charge on any atom is 0.280 e. The number of hydrogen-bond donors (Lipinski definition) is 3. The van der Waals surface area contributed by atoms with Crippen molar-refractivity contribution in [1.29, 1.82) is 0 Å². The molecule has 1 aromatic carbocycles. The lowest BCUT2D eigenvalue weighted by Gasteiger charge is -2.37. The zero-order chi connectivity index (χ0) is 20.9. The molecule has 1 saturated carbocycles. The highest BCUT2D eigenvalue weighted by Crippen LogP contribution is 2.41. The maximum atomic E-state index is 13.8. The van der Waals surface area contributed by atoms with Gasteiger partial charge in [0.05, 0.1) is 12.0 Å². The summed E-state index contributed by atoms with van der Waals surface area (Å²) in [6.45, 7) is 0.127. The predicted octanol–water partition coefficient (Wildman–Crippen LogP) is 2.47. The van der Waals surface area contributed by atoms with Crippen LogP contribution in [0.3, 0.4) is 0 Å². The van der Waals surface area contributed by atoms with E-state index in [9.17, 15) is 18.4 Å². The summed E-state index contributed by atoms with van der Waals surface area (Å²) < 4.78 is 32.7. The molecule has 1 heterocycles. The Hall–Kier alpha value is -2.20. The zero-order valence-electron chi connectivity index (χ0n) is 16.6. The van der Waals surface area contributed by atoms with Crippen LogP contribution in [-0.4, -0.2) is 36.5 Å². The fraction of sp³-hybridized carbons (Fsp3) is 0.400. The third-order valence-corrected chi connectivity index (χ3v) is 7.87. The first-order valence-electron chi connectivity index (χ1n) is 9.43. The van der Waals surface area contributed by atoms with E-state index in [-0.39, 0.29) is 23.8 Å². The van der Waals surface area contributed by atoms with Crippen LogP contribution in [0.2, 0.25) is 0 Å². The Labute approximate surface area is 182 Å². The molecule has 8 nitrogen and oxygen atoms in total. The van der Waals surface area contributed by atoms with Crippen LogP contribution in [0.25, 0.3) is 0 Å². The van der Waals surface area contributed by atoms with E-state index in [1.807, 2.05) is 0 Å². The van der Waals surface area contributed by atoms with Gasteiger partial charge in [-0.15, -0.1) is 12.4 Å².